The molecule has 1 rings (SSSR count). The molecule has 1 aromatic rings. The Morgan fingerprint density at radius 2 is 2.42 bits per heavy atom. The maximum atomic E-state index is 11.3. The molecule has 0 aromatic carbocycles. The fraction of sp³-hybridized carbons (Fsp3) is 0.200. The number of pyridine rings is 1. The van der Waals surface area contributed by atoms with Crippen LogP contribution in [0.1, 0.15) is 23.8 Å². The summed E-state index contributed by atoms with van der Waals surface area (Å²) in [6.07, 6.45) is 5.76. The predicted octanol–water partition coefficient (Wildman–Crippen LogP) is 2.23. The summed E-state index contributed by atoms with van der Waals surface area (Å²) in [5, 5.41) is 0. The minimum absolute atomic E-state index is 0.0636. The van der Waals surface area contributed by atoms with Crippen molar-refractivity contribution in [1.29, 1.82) is 0 Å². The Kier molecular flexibility index (Phi) is 3.20. The van der Waals surface area contributed by atoms with Crippen molar-refractivity contribution >= 4 is 5.78 Å². The Bertz CT molecular complexity index is 277. The van der Waals surface area contributed by atoms with Gasteiger partial charge < -0.3 is 0 Å². The number of carbonyl (C=O) groups is 1. The van der Waals surface area contributed by atoms with E-state index in [-0.39, 0.29) is 5.78 Å². The Labute approximate surface area is 71.9 Å². The van der Waals surface area contributed by atoms with Gasteiger partial charge in [0, 0.05) is 12.6 Å². The minimum atomic E-state index is 0.0636. The number of hydrogen-bond acceptors (Lipinski definition) is 2. The quantitative estimate of drug-likeness (QED) is 0.502. The lowest BCUT2D eigenvalue weighted by Crippen LogP contribution is -1.99. The molecule has 0 aliphatic carbocycles. The van der Waals surface area contributed by atoms with E-state index in [2.05, 4.69) is 4.98 Å². The van der Waals surface area contributed by atoms with Crippen molar-refractivity contribution < 1.29 is 4.79 Å². The molecule has 12 heavy (non-hydrogen) atoms. The molecule has 1 aromatic heterocycles. The molecule has 2 nitrogen and oxygen atoms in total. The SMILES string of the molecule is C/C=C/CC(=O)c1ccccn1. The van der Waals surface area contributed by atoms with Gasteiger partial charge in [-0.25, -0.2) is 0 Å². The normalized spacial score (nSPS) is 10.4. The first-order chi connectivity index (χ1) is 5.84. The largest absolute Gasteiger partial charge is 0.292 e. The molecule has 0 amide bonds. The summed E-state index contributed by atoms with van der Waals surface area (Å²) in [7, 11) is 0. The molecule has 0 aliphatic rings. The molecule has 0 unspecified atom stereocenters. The molecule has 0 saturated carbocycles. The second-order valence-electron chi connectivity index (χ2n) is 2.41. The summed E-state index contributed by atoms with van der Waals surface area (Å²) in [5.74, 6) is 0.0636. The van der Waals surface area contributed by atoms with Gasteiger partial charge in [-0.15, -0.1) is 0 Å². The zero-order valence-electron chi connectivity index (χ0n) is 7.03. The summed E-state index contributed by atoms with van der Waals surface area (Å²) < 4.78 is 0. The van der Waals surface area contributed by atoms with E-state index in [0.29, 0.717) is 12.1 Å². The van der Waals surface area contributed by atoms with Crippen molar-refractivity contribution in [3.05, 3.63) is 42.2 Å². The minimum Gasteiger partial charge on any atom is -0.292 e. The fourth-order valence-electron chi connectivity index (χ4n) is 0.857. The molecular formula is C10H11NO. The molecule has 0 saturated heterocycles. The molecule has 0 bridgehead atoms. The van der Waals surface area contributed by atoms with Crippen molar-refractivity contribution in [2.75, 3.05) is 0 Å². The van der Waals surface area contributed by atoms with Crippen molar-refractivity contribution in [3.63, 3.8) is 0 Å². The van der Waals surface area contributed by atoms with Crippen molar-refractivity contribution in [1.82, 2.24) is 4.98 Å². The summed E-state index contributed by atoms with van der Waals surface area (Å²) >= 11 is 0. The lowest BCUT2D eigenvalue weighted by atomic mass is 10.2. The van der Waals surface area contributed by atoms with Crippen molar-refractivity contribution in [2.45, 2.75) is 13.3 Å². The molecule has 0 aliphatic heterocycles. The zero-order chi connectivity index (χ0) is 8.81. The van der Waals surface area contributed by atoms with Crippen LogP contribution in [0.25, 0.3) is 0 Å². The van der Waals surface area contributed by atoms with Gasteiger partial charge in [0.15, 0.2) is 5.78 Å². The van der Waals surface area contributed by atoms with E-state index in [9.17, 15) is 4.79 Å². The highest BCUT2D eigenvalue weighted by Gasteiger charge is 2.02. The van der Waals surface area contributed by atoms with Crippen LogP contribution in [0.3, 0.4) is 0 Å². The van der Waals surface area contributed by atoms with Gasteiger partial charge in [0.2, 0.25) is 0 Å². The third kappa shape index (κ3) is 2.31. The van der Waals surface area contributed by atoms with Gasteiger partial charge in [-0.1, -0.05) is 18.2 Å². The molecule has 0 fully saturated rings. The second kappa shape index (κ2) is 4.44. The number of Topliss-reactive ketones (excluding diaryl/α,β-unsaturated/α-hetero) is 1. The summed E-state index contributed by atoms with van der Waals surface area (Å²) in [5.41, 5.74) is 0.538. The molecule has 0 radical (unpaired) electrons. The first kappa shape index (κ1) is 8.65. The maximum absolute atomic E-state index is 11.3. The Hall–Kier alpha value is -1.44. The van der Waals surface area contributed by atoms with E-state index in [0.717, 1.165) is 0 Å². The highest BCUT2D eigenvalue weighted by molar-refractivity contribution is 5.95. The average molecular weight is 161 g/mol. The number of aromatic nitrogens is 1. The third-order valence-corrected chi connectivity index (χ3v) is 1.49. The van der Waals surface area contributed by atoms with Crippen LogP contribution in [0.4, 0.5) is 0 Å². The Morgan fingerprint density at radius 1 is 1.58 bits per heavy atom. The van der Waals surface area contributed by atoms with Crippen LogP contribution in [-0.4, -0.2) is 10.8 Å². The molecule has 0 N–H and O–H groups in total. The molecule has 0 atom stereocenters. The van der Waals surface area contributed by atoms with E-state index >= 15 is 0 Å². The first-order valence-corrected chi connectivity index (χ1v) is 3.90. The highest BCUT2D eigenvalue weighted by Crippen LogP contribution is 1.99. The molecular weight excluding hydrogens is 150 g/mol. The second-order valence-corrected chi connectivity index (χ2v) is 2.41. The van der Waals surface area contributed by atoms with E-state index in [1.165, 1.54) is 0 Å². The number of allylic oxidation sites excluding steroid dienone is 2. The Balaban J connectivity index is 2.66. The van der Waals surface area contributed by atoms with E-state index in [1.54, 1.807) is 18.3 Å². The first-order valence-electron chi connectivity index (χ1n) is 3.90. The highest BCUT2D eigenvalue weighted by atomic mass is 16.1. The van der Waals surface area contributed by atoms with Gasteiger partial charge in [0.1, 0.15) is 5.69 Å². The smallest absolute Gasteiger partial charge is 0.184 e. The van der Waals surface area contributed by atoms with E-state index < -0.39 is 0 Å². The standard InChI is InChI=1S/C10H11NO/c1-2-3-7-10(12)9-6-4-5-8-11-9/h2-6,8H,7H2,1H3/b3-2+. The van der Waals surface area contributed by atoms with Crippen LogP contribution in [-0.2, 0) is 0 Å². The molecule has 62 valence electrons. The van der Waals surface area contributed by atoms with Crippen LogP contribution >= 0.6 is 0 Å². The van der Waals surface area contributed by atoms with Crippen LogP contribution in [0.2, 0.25) is 0 Å². The topological polar surface area (TPSA) is 30.0 Å². The predicted molar refractivity (Wildman–Crippen MR) is 48.0 cm³/mol. The van der Waals surface area contributed by atoms with Gasteiger partial charge >= 0.3 is 0 Å². The number of nitrogens with zero attached hydrogens (tertiary/aromatic N) is 1. The van der Waals surface area contributed by atoms with Crippen LogP contribution in [0.15, 0.2) is 36.5 Å². The van der Waals surface area contributed by atoms with Crippen LogP contribution in [0.5, 0.6) is 0 Å². The number of rotatable bonds is 3. The van der Waals surface area contributed by atoms with Gasteiger partial charge in [-0.05, 0) is 19.1 Å². The lowest BCUT2D eigenvalue weighted by molar-refractivity contribution is 0.0991. The summed E-state index contributed by atoms with van der Waals surface area (Å²) in [6, 6.07) is 5.34. The van der Waals surface area contributed by atoms with Gasteiger partial charge in [0.05, 0.1) is 0 Å². The monoisotopic (exact) mass is 161 g/mol. The lowest BCUT2D eigenvalue weighted by Gasteiger charge is -1.93. The van der Waals surface area contributed by atoms with Crippen LogP contribution in [0, 0.1) is 0 Å². The molecule has 0 spiro atoms. The van der Waals surface area contributed by atoms with E-state index in [1.807, 2.05) is 25.1 Å². The van der Waals surface area contributed by atoms with E-state index in [4.69, 9.17) is 0 Å². The number of ketones is 1. The molecule has 1 heterocycles. The Morgan fingerprint density at radius 3 is 3.00 bits per heavy atom. The van der Waals surface area contributed by atoms with Crippen LogP contribution < -0.4 is 0 Å². The number of hydrogen-bond donors (Lipinski definition) is 0. The van der Waals surface area contributed by atoms with Gasteiger partial charge in [-0.3, -0.25) is 9.78 Å². The zero-order valence-corrected chi connectivity index (χ0v) is 7.03. The summed E-state index contributed by atoms with van der Waals surface area (Å²) in [4.78, 5) is 15.2. The maximum Gasteiger partial charge on any atom is 0.184 e. The summed E-state index contributed by atoms with van der Waals surface area (Å²) in [6.45, 7) is 1.89. The average Bonchev–Trinajstić information content (AvgIpc) is 2.15. The molecule has 2 heteroatoms. The third-order valence-electron chi connectivity index (χ3n) is 1.49. The van der Waals surface area contributed by atoms with Gasteiger partial charge in [-0.2, -0.15) is 0 Å². The van der Waals surface area contributed by atoms with Crippen molar-refractivity contribution in [3.8, 4) is 0 Å². The number of carbonyl (C=O) groups excluding carboxylic acids is 1. The van der Waals surface area contributed by atoms with Crippen molar-refractivity contribution in [2.24, 2.45) is 0 Å². The van der Waals surface area contributed by atoms with Gasteiger partial charge in [0.25, 0.3) is 0 Å². The fourth-order valence-corrected chi connectivity index (χ4v) is 0.857.